The molecule has 0 saturated carbocycles. The van der Waals surface area contributed by atoms with Gasteiger partial charge in [0.1, 0.15) is 5.03 Å². The lowest BCUT2D eigenvalue weighted by atomic mass is 10.3. The van der Waals surface area contributed by atoms with Crippen LogP contribution in [-0.4, -0.2) is 9.91 Å². The molecular formula is C12H10N2O2S. The summed E-state index contributed by atoms with van der Waals surface area (Å²) in [5.41, 5.74) is 1.21. The molecule has 0 unspecified atom stereocenters. The average molecular weight is 246 g/mol. The first-order valence-electron chi connectivity index (χ1n) is 5.00. The van der Waals surface area contributed by atoms with Crippen molar-refractivity contribution in [1.29, 1.82) is 0 Å². The highest BCUT2D eigenvalue weighted by Gasteiger charge is 2.05. The van der Waals surface area contributed by atoms with Crippen LogP contribution in [0, 0.1) is 17.0 Å². The molecule has 4 nitrogen and oxygen atoms in total. The molecule has 0 fully saturated rings. The molecule has 0 aliphatic carbocycles. The molecule has 0 radical (unpaired) electrons. The topological polar surface area (TPSA) is 56.0 Å². The summed E-state index contributed by atoms with van der Waals surface area (Å²) in [4.78, 5) is 15.3. The quantitative estimate of drug-likeness (QED) is 0.614. The van der Waals surface area contributed by atoms with Crippen molar-refractivity contribution in [3.63, 3.8) is 0 Å². The van der Waals surface area contributed by atoms with Gasteiger partial charge in [-0.15, -0.1) is 0 Å². The molecule has 0 aliphatic rings. The van der Waals surface area contributed by atoms with Crippen LogP contribution in [0.3, 0.4) is 0 Å². The monoisotopic (exact) mass is 246 g/mol. The van der Waals surface area contributed by atoms with Crippen LogP contribution in [-0.2, 0) is 0 Å². The zero-order chi connectivity index (χ0) is 12.3. The number of aromatic nitrogens is 1. The van der Waals surface area contributed by atoms with Gasteiger partial charge in [0, 0.05) is 23.2 Å². The Kier molecular flexibility index (Phi) is 3.39. The first kappa shape index (κ1) is 11.6. The Labute approximate surface area is 103 Å². The molecule has 0 aliphatic heterocycles. The van der Waals surface area contributed by atoms with Crippen LogP contribution in [0.4, 0.5) is 5.69 Å². The first-order chi connectivity index (χ1) is 8.15. The summed E-state index contributed by atoms with van der Waals surface area (Å²) >= 11 is 1.48. The lowest BCUT2D eigenvalue weighted by Crippen LogP contribution is -1.86. The molecule has 86 valence electrons. The maximum atomic E-state index is 10.5. The lowest BCUT2D eigenvalue weighted by molar-refractivity contribution is -0.384. The fourth-order valence-corrected chi connectivity index (χ4v) is 2.03. The molecular weight excluding hydrogens is 236 g/mol. The highest BCUT2D eigenvalue weighted by Crippen LogP contribution is 2.27. The van der Waals surface area contributed by atoms with E-state index >= 15 is 0 Å². The van der Waals surface area contributed by atoms with Crippen LogP contribution in [0.15, 0.2) is 52.5 Å². The number of pyridine rings is 1. The third-order valence-corrected chi connectivity index (χ3v) is 3.11. The number of hydrogen-bond donors (Lipinski definition) is 0. The van der Waals surface area contributed by atoms with Crippen molar-refractivity contribution in [3.8, 4) is 0 Å². The Morgan fingerprint density at radius 1 is 1.18 bits per heavy atom. The van der Waals surface area contributed by atoms with E-state index in [1.165, 1.54) is 23.9 Å². The van der Waals surface area contributed by atoms with Gasteiger partial charge in [0.2, 0.25) is 0 Å². The summed E-state index contributed by atoms with van der Waals surface area (Å²) in [5.74, 6) is 0. The predicted octanol–water partition coefficient (Wildman–Crippen LogP) is 3.45. The van der Waals surface area contributed by atoms with Crippen molar-refractivity contribution in [3.05, 3.63) is 58.3 Å². The van der Waals surface area contributed by atoms with E-state index in [0.717, 1.165) is 15.5 Å². The van der Waals surface area contributed by atoms with Gasteiger partial charge in [0.25, 0.3) is 5.69 Å². The molecule has 1 aromatic carbocycles. The van der Waals surface area contributed by atoms with E-state index in [1.54, 1.807) is 18.3 Å². The number of nitro groups is 1. The van der Waals surface area contributed by atoms with E-state index < -0.39 is 4.92 Å². The van der Waals surface area contributed by atoms with Gasteiger partial charge in [0.15, 0.2) is 0 Å². The molecule has 17 heavy (non-hydrogen) atoms. The molecule has 0 atom stereocenters. The van der Waals surface area contributed by atoms with Crippen LogP contribution < -0.4 is 0 Å². The zero-order valence-electron chi connectivity index (χ0n) is 9.16. The molecule has 0 saturated heterocycles. The Hall–Kier alpha value is -1.88. The first-order valence-corrected chi connectivity index (χ1v) is 5.82. The fraction of sp³-hybridized carbons (Fsp3) is 0.0833. The second-order valence-corrected chi connectivity index (χ2v) is 4.62. The highest BCUT2D eigenvalue weighted by atomic mass is 32.2. The molecule has 5 heteroatoms. The molecule has 1 heterocycles. The smallest absolute Gasteiger partial charge is 0.258 e. The molecule has 0 N–H and O–H groups in total. The van der Waals surface area contributed by atoms with E-state index in [1.807, 2.05) is 19.1 Å². The molecule has 0 amide bonds. The van der Waals surface area contributed by atoms with E-state index in [9.17, 15) is 10.1 Å². The SMILES string of the molecule is Cc1ccc(Sc2ccc([N+](=O)[O-])cc2)nc1. The van der Waals surface area contributed by atoms with Crippen LogP contribution in [0.5, 0.6) is 0 Å². The standard InChI is InChI=1S/C12H10N2O2S/c1-9-2-7-12(13-8-9)17-11-5-3-10(4-6-11)14(15)16/h2-8H,1H3. The summed E-state index contributed by atoms with van der Waals surface area (Å²) in [6.45, 7) is 1.98. The van der Waals surface area contributed by atoms with Crippen molar-refractivity contribution in [2.45, 2.75) is 16.8 Å². The zero-order valence-corrected chi connectivity index (χ0v) is 9.98. The minimum absolute atomic E-state index is 0.103. The number of rotatable bonds is 3. The van der Waals surface area contributed by atoms with E-state index in [4.69, 9.17) is 0 Å². The highest BCUT2D eigenvalue weighted by molar-refractivity contribution is 7.99. The summed E-state index contributed by atoms with van der Waals surface area (Å²) in [6.07, 6.45) is 1.80. The number of non-ortho nitro benzene ring substituents is 1. The molecule has 2 rings (SSSR count). The number of hydrogen-bond acceptors (Lipinski definition) is 4. The minimum Gasteiger partial charge on any atom is -0.258 e. The van der Waals surface area contributed by atoms with Crippen molar-refractivity contribution in [2.75, 3.05) is 0 Å². The Balaban J connectivity index is 2.13. The molecule has 1 aromatic heterocycles. The second-order valence-electron chi connectivity index (χ2n) is 3.53. The largest absolute Gasteiger partial charge is 0.269 e. The van der Waals surface area contributed by atoms with Gasteiger partial charge in [-0.25, -0.2) is 4.98 Å². The summed E-state index contributed by atoms with van der Waals surface area (Å²) in [6, 6.07) is 10.4. The minimum atomic E-state index is -0.404. The number of nitrogens with zero attached hydrogens (tertiary/aromatic N) is 2. The summed E-state index contributed by atoms with van der Waals surface area (Å²) in [5, 5.41) is 11.4. The third kappa shape index (κ3) is 3.04. The van der Waals surface area contributed by atoms with E-state index in [0.29, 0.717) is 0 Å². The van der Waals surface area contributed by atoms with Gasteiger partial charge in [-0.2, -0.15) is 0 Å². The van der Waals surface area contributed by atoms with Gasteiger partial charge >= 0.3 is 0 Å². The predicted molar refractivity (Wildman–Crippen MR) is 66.2 cm³/mol. The number of aryl methyl sites for hydroxylation is 1. The van der Waals surface area contributed by atoms with Crippen molar-refractivity contribution >= 4 is 17.4 Å². The summed E-state index contributed by atoms with van der Waals surface area (Å²) < 4.78 is 0. The van der Waals surface area contributed by atoms with Gasteiger partial charge in [0.05, 0.1) is 4.92 Å². The Morgan fingerprint density at radius 3 is 2.41 bits per heavy atom. The van der Waals surface area contributed by atoms with E-state index in [2.05, 4.69) is 4.98 Å². The number of nitro benzene ring substituents is 1. The Morgan fingerprint density at radius 2 is 1.88 bits per heavy atom. The van der Waals surface area contributed by atoms with Crippen molar-refractivity contribution in [2.24, 2.45) is 0 Å². The molecule has 0 bridgehead atoms. The Bertz CT molecular complexity index is 523. The third-order valence-electron chi connectivity index (χ3n) is 2.15. The van der Waals surface area contributed by atoms with Crippen molar-refractivity contribution < 1.29 is 4.92 Å². The maximum absolute atomic E-state index is 10.5. The van der Waals surface area contributed by atoms with Gasteiger partial charge < -0.3 is 0 Å². The van der Waals surface area contributed by atoms with Gasteiger partial charge in [-0.05, 0) is 30.7 Å². The van der Waals surface area contributed by atoms with Crippen LogP contribution >= 0.6 is 11.8 Å². The average Bonchev–Trinajstić information content (AvgIpc) is 2.33. The normalized spacial score (nSPS) is 10.2. The fourth-order valence-electron chi connectivity index (χ4n) is 1.27. The van der Waals surface area contributed by atoms with E-state index in [-0.39, 0.29) is 5.69 Å². The molecule has 0 spiro atoms. The lowest BCUT2D eigenvalue weighted by Gasteiger charge is -2.00. The van der Waals surface area contributed by atoms with Crippen LogP contribution in [0.25, 0.3) is 0 Å². The second kappa shape index (κ2) is 4.97. The number of benzene rings is 1. The maximum Gasteiger partial charge on any atom is 0.269 e. The van der Waals surface area contributed by atoms with Crippen molar-refractivity contribution in [1.82, 2.24) is 4.98 Å². The summed E-state index contributed by atoms with van der Waals surface area (Å²) in [7, 11) is 0. The van der Waals surface area contributed by atoms with Gasteiger partial charge in [-0.1, -0.05) is 17.8 Å². The molecule has 2 aromatic rings. The van der Waals surface area contributed by atoms with Crippen LogP contribution in [0.2, 0.25) is 0 Å². The van der Waals surface area contributed by atoms with Crippen LogP contribution in [0.1, 0.15) is 5.56 Å². The van der Waals surface area contributed by atoms with Gasteiger partial charge in [-0.3, -0.25) is 10.1 Å².